The third kappa shape index (κ3) is 4.44. The van der Waals surface area contributed by atoms with E-state index in [1.165, 1.54) is 12.1 Å². The number of amides is 3. The van der Waals surface area contributed by atoms with E-state index in [2.05, 4.69) is 25.8 Å². The van der Waals surface area contributed by atoms with Crippen molar-refractivity contribution in [1.82, 2.24) is 5.43 Å². The molecule has 0 aliphatic carbocycles. The number of carbonyl (C=O) groups is 3. The Bertz CT molecular complexity index is 922. The molecular weight excluding hydrogens is 362 g/mol. The monoisotopic (exact) mass is 381 g/mol. The second-order valence-electron chi connectivity index (χ2n) is 5.99. The van der Waals surface area contributed by atoms with Gasteiger partial charge in [0.15, 0.2) is 0 Å². The molecule has 2 aromatic carbocycles. The summed E-state index contributed by atoms with van der Waals surface area (Å²) in [6, 6.07) is 13.8. The number of nitrogens with zero attached hydrogens (tertiary/aromatic N) is 2. The smallest absolute Gasteiger partial charge is 0.411 e. The van der Waals surface area contributed by atoms with Gasteiger partial charge >= 0.3 is 6.09 Å². The largest absolute Gasteiger partial charge is 0.453 e. The van der Waals surface area contributed by atoms with Gasteiger partial charge in [-0.2, -0.15) is 0 Å². The first-order chi connectivity index (χ1) is 13.5. The van der Waals surface area contributed by atoms with E-state index in [1.54, 1.807) is 36.4 Å². The summed E-state index contributed by atoms with van der Waals surface area (Å²) in [6.45, 7) is 1.81. The van der Waals surface area contributed by atoms with Crippen molar-refractivity contribution in [2.45, 2.75) is 6.92 Å². The van der Waals surface area contributed by atoms with Gasteiger partial charge in [0.2, 0.25) is 5.84 Å². The predicted octanol–water partition coefficient (Wildman–Crippen LogP) is 2.06. The second-order valence-corrected chi connectivity index (χ2v) is 5.99. The molecule has 3 rings (SSSR count). The van der Waals surface area contributed by atoms with Crippen LogP contribution < -0.4 is 21.1 Å². The normalized spacial score (nSPS) is 13.3. The molecule has 0 spiro atoms. The van der Waals surface area contributed by atoms with Crippen molar-refractivity contribution >= 4 is 40.8 Å². The molecule has 1 aliphatic rings. The van der Waals surface area contributed by atoms with Crippen LogP contribution in [0.3, 0.4) is 0 Å². The van der Waals surface area contributed by atoms with Gasteiger partial charge in [-0.3, -0.25) is 25.3 Å². The Kier molecular flexibility index (Phi) is 5.54. The number of hydrogen-bond donors (Lipinski definition) is 3. The Labute approximate surface area is 161 Å². The number of methoxy groups -OCH3 is 1. The van der Waals surface area contributed by atoms with E-state index in [-0.39, 0.29) is 18.3 Å². The molecule has 0 saturated heterocycles. The third-order valence-electron chi connectivity index (χ3n) is 3.92. The Morgan fingerprint density at radius 3 is 2.25 bits per heavy atom. The molecule has 9 heteroatoms. The van der Waals surface area contributed by atoms with Gasteiger partial charge < -0.3 is 10.1 Å². The number of carbonyl (C=O) groups excluding carboxylic acids is 3. The molecule has 0 fully saturated rings. The van der Waals surface area contributed by atoms with Crippen molar-refractivity contribution in [3.8, 4) is 0 Å². The zero-order chi connectivity index (χ0) is 20.1. The molecule has 3 N–H and O–H groups in total. The summed E-state index contributed by atoms with van der Waals surface area (Å²) >= 11 is 0. The first kappa shape index (κ1) is 18.9. The summed E-state index contributed by atoms with van der Waals surface area (Å²) in [4.78, 5) is 39.8. The standard InChI is InChI=1S/C19H19N5O4/c1-12-3-9-15(10-4-12)24-16(25)11-20-17(23-24)18(26)21-13-5-7-14(8-6-13)22-19(27)28-2/h3-10H,11H2,1-2H3,(H,20,23)(H,21,26)(H,22,27). The predicted molar refractivity (Wildman–Crippen MR) is 105 cm³/mol. The Hall–Kier alpha value is -3.88. The third-order valence-corrected chi connectivity index (χ3v) is 3.92. The lowest BCUT2D eigenvalue weighted by Gasteiger charge is -2.27. The molecule has 28 heavy (non-hydrogen) atoms. The molecule has 2 aromatic rings. The number of benzene rings is 2. The maximum Gasteiger partial charge on any atom is 0.411 e. The number of hydrazine groups is 1. The van der Waals surface area contributed by atoms with Crippen molar-refractivity contribution in [3.63, 3.8) is 0 Å². The summed E-state index contributed by atoms with van der Waals surface area (Å²) in [7, 11) is 1.27. The number of hydrogen-bond acceptors (Lipinski definition) is 6. The molecular formula is C19H19N5O4. The number of nitrogens with one attached hydrogen (secondary N) is 3. The van der Waals surface area contributed by atoms with E-state index in [4.69, 9.17) is 0 Å². The minimum Gasteiger partial charge on any atom is -0.453 e. The van der Waals surface area contributed by atoms with Crippen LogP contribution in [-0.2, 0) is 14.3 Å². The summed E-state index contributed by atoms with van der Waals surface area (Å²) in [5, 5.41) is 6.50. The second kappa shape index (κ2) is 8.21. The average Bonchev–Trinajstić information content (AvgIpc) is 2.70. The van der Waals surface area contributed by atoms with E-state index in [0.29, 0.717) is 17.1 Å². The summed E-state index contributed by atoms with van der Waals surface area (Å²) in [6.07, 6.45) is -0.585. The number of aliphatic imine (C=N–C) groups is 1. The first-order valence-electron chi connectivity index (χ1n) is 8.43. The van der Waals surface area contributed by atoms with Crippen LogP contribution in [0.4, 0.5) is 21.9 Å². The lowest BCUT2D eigenvalue weighted by atomic mass is 10.2. The fourth-order valence-electron chi connectivity index (χ4n) is 2.44. The molecule has 3 amide bonds. The summed E-state index contributed by atoms with van der Waals surface area (Å²) in [5.74, 6) is -0.728. The topological polar surface area (TPSA) is 112 Å². The van der Waals surface area contributed by atoms with Crippen LogP contribution in [0.5, 0.6) is 0 Å². The Morgan fingerprint density at radius 2 is 1.64 bits per heavy atom. The van der Waals surface area contributed by atoms with Gasteiger partial charge in [-0.15, -0.1) is 0 Å². The van der Waals surface area contributed by atoms with Crippen LogP contribution in [-0.4, -0.2) is 37.4 Å². The van der Waals surface area contributed by atoms with Crippen molar-refractivity contribution in [2.24, 2.45) is 4.99 Å². The SMILES string of the molecule is COC(=O)Nc1ccc(NC(=O)C2=NCC(=O)N(c3ccc(C)cc3)N2)cc1. The first-order valence-corrected chi connectivity index (χ1v) is 8.43. The molecule has 0 radical (unpaired) electrons. The molecule has 9 nitrogen and oxygen atoms in total. The lowest BCUT2D eigenvalue weighted by Crippen LogP contribution is -2.54. The Balaban J connectivity index is 1.66. The van der Waals surface area contributed by atoms with Gasteiger partial charge in [0.05, 0.1) is 12.8 Å². The zero-order valence-electron chi connectivity index (χ0n) is 15.4. The number of anilines is 3. The highest BCUT2D eigenvalue weighted by atomic mass is 16.5. The highest BCUT2D eigenvalue weighted by molar-refractivity contribution is 6.43. The molecule has 1 heterocycles. The highest BCUT2D eigenvalue weighted by Crippen LogP contribution is 2.16. The maximum absolute atomic E-state index is 12.5. The quantitative estimate of drug-likeness (QED) is 0.751. The van der Waals surface area contributed by atoms with Gasteiger partial charge in [-0.25, -0.2) is 9.80 Å². The average molecular weight is 381 g/mol. The van der Waals surface area contributed by atoms with Crippen LogP contribution in [0, 0.1) is 6.92 Å². The van der Waals surface area contributed by atoms with E-state index < -0.39 is 12.0 Å². The molecule has 0 aromatic heterocycles. The van der Waals surface area contributed by atoms with E-state index in [1.807, 2.05) is 19.1 Å². The highest BCUT2D eigenvalue weighted by Gasteiger charge is 2.25. The molecule has 144 valence electrons. The van der Waals surface area contributed by atoms with E-state index >= 15 is 0 Å². The maximum atomic E-state index is 12.5. The lowest BCUT2D eigenvalue weighted by molar-refractivity contribution is -0.118. The molecule has 0 saturated carbocycles. The van der Waals surface area contributed by atoms with E-state index in [0.717, 1.165) is 5.56 Å². The summed E-state index contributed by atoms with van der Waals surface area (Å²) < 4.78 is 4.51. The number of amidine groups is 1. The zero-order valence-corrected chi connectivity index (χ0v) is 15.4. The van der Waals surface area contributed by atoms with E-state index in [9.17, 15) is 14.4 Å². The fourth-order valence-corrected chi connectivity index (χ4v) is 2.44. The fraction of sp³-hybridized carbons (Fsp3) is 0.158. The van der Waals surface area contributed by atoms with Gasteiger partial charge in [0.1, 0.15) is 6.54 Å². The van der Waals surface area contributed by atoms with Crippen molar-refractivity contribution < 1.29 is 19.1 Å². The van der Waals surface area contributed by atoms with Crippen LogP contribution in [0.15, 0.2) is 53.5 Å². The molecule has 0 bridgehead atoms. The number of ether oxygens (including phenoxy) is 1. The molecule has 0 unspecified atom stereocenters. The minimum atomic E-state index is -0.585. The van der Waals surface area contributed by atoms with Gasteiger partial charge in [-0.05, 0) is 43.3 Å². The minimum absolute atomic E-state index is 0.0249. The number of rotatable bonds is 4. The molecule has 0 atom stereocenters. The summed E-state index contributed by atoms with van der Waals surface area (Å²) in [5.41, 5.74) is 5.46. The molecule has 1 aliphatic heterocycles. The van der Waals surface area contributed by atoms with Crippen LogP contribution in [0.1, 0.15) is 5.56 Å². The van der Waals surface area contributed by atoms with Gasteiger partial charge in [-0.1, -0.05) is 17.7 Å². The van der Waals surface area contributed by atoms with Crippen molar-refractivity contribution in [1.29, 1.82) is 0 Å². The van der Waals surface area contributed by atoms with Crippen molar-refractivity contribution in [2.75, 3.05) is 29.3 Å². The van der Waals surface area contributed by atoms with Crippen LogP contribution >= 0.6 is 0 Å². The number of aryl methyl sites for hydroxylation is 1. The Morgan fingerprint density at radius 1 is 1.04 bits per heavy atom. The van der Waals surface area contributed by atoms with Crippen LogP contribution in [0.25, 0.3) is 0 Å². The van der Waals surface area contributed by atoms with Gasteiger partial charge in [0.25, 0.3) is 11.8 Å². The van der Waals surface area contributed by atoms with Crippen molar-refractivity contribution in [3.05, 3.63) is 54.1 Å². The van der Waals surface area contributed by atoms with Crippen LogP contribution in [0.2, 0.25) is 0 Å². The van der Waals surface area contributed by atoms with Gasteiger partial charge in [0, 0.05) is 11.4 Å².